The maximum atomic E-state index is 6.28. The van der Waals surface area contributed by atoms with E-state index in [2.05, 4.69) is 91.9 Å². The lowest BCUT2D eigenvalue weighted by atomic mass is 10.0. The van der Waals surface area contributed by atoms with Crippen molar-refractivity contribution in [1.29, 1.82) is 0 Å². The molecule has 0 fully saturated rings. The van der Waals surface area contributed by atoms with Gasteiger partial charge in [-0.15, -0.1) is 11.3 Å². The summed E-state index contributed by atoms with van der Waals surface area (Å²) in [5.41, 5.74) is 8.58. The van der Waals surface area contributed by atoms with Gasteiger partial charge < -0.3 is 0 Å². The molecule has 0 aliphatic heterocycles. The first-order valence-electron chi connectivity index (χ1n) is 12.2. The molecule has 0 atom stereocenters. The molecule has 0 aliphatic carbocycles. The Labute approximate surface area is 223 Å². The van der Waals surface area contributed by atoms with Crippen molar-refractivity contribution in [3.63, 3.8) is 0 Å². The van der Waals surface area contributed by atoms with Crippen LogP contribution in [-0.2, 0) is 0 Å². The van der Waals surface area contributed by atoms with E-state index in [4.69, 9.17) is 21.6 Å². The second-order valence-corrected chi connectivity index (χ2v) is 10.8. The van der Waals surface area contributed by atoms with E-state index in [1.165, 1.54) is 25.7 Å². The van der Waals surface area contributed by atoms with Gasteiger partial charge in [0.1, 0.15) is 0 Å². The number of rotatable bonds is 3. The summed E-state index contributed by atoms with van der Waals surface area (Å²) in [5, 5.41) is 4.43. The van der Waals surface area contributed by atoms with Gasteiger partial charge in [-0.3, -0.25) is 9.97 Å². The smallest absolute Gasteiger partial charge is 0.0716 e. The number of aryl methyl sites for hydroxylation is 1. The standard InChI is InChI=1S/C33H21ClN2S/c1-20-13-24(16-26(34)14-20)21-9-10-22-15-25(19-36-31(22)17-21)23-11-12-30(35-18-23)29-7-4-6-28-27-5-2-3-8-32(27)37-33(28)29/h2-19H,1H3. The first kappa shape index (κ1) is 22.2. The fourth-order valence-corrected chi connectivity index (χ4v) is 6.55. The first-order chi connectivity index (χ1) is 18.1. The van der Waals surface area contributed by atoms with E-state index in [0.29, 0.717) is 0 Å². The zero-order valence-corrected chi connectivity index (χ0v) is 21.6. The lowest BCUT2D eigenvalue weighted by Crippen LogP contribution is -1.88. The van der Waals surface area contributed by atoms with Crippen molar-refractivity contribution in [2.24, 2.45) is 0 Å². The quantitative estimate of drug-likeness (QED) is 0.235. The van der Waals surface area contributed by atoms with E-state index in [9.17, 15) is 0 Å². The molecular weight excluding hydrogens is 492 g/mol. The minimum absolute atomic E-state index is 0.748. The number of hydrogen-bond acceptors (Lipinski definition) is 3. The highest BCUT2D eigenvalue weighted by atomic mass is 35.5. The Morgan fingerprint density at radius 2 is 1.49 bits per heavy atom. The second-order valence-electron chi connectivity index (χ2n) is 9.36. The molecule has 4 aromatic carbocycles. The first-order valence-corrected chi connectivity index (χ1v) is 13.4. The van der Waals surface area contributed by atoms with Crippen molar-refractivity contribution in [2.75, 3.05) is 0 Å². The summed E-state index contributed by atoms with van der Waals surface area (Å²) in [6, 6.07) is 34.0. The van der Waals surface area contributed by atoms with Gasteiger partial charge in [0, 0.05) is 59.7 Å². The molecule has 7 aromatic rings. The van der Waals surface area contributed by atoms with Gasteiger partial charge in [0.15, 0.2) is 0 Å². The van der Waals surface area contributed by atoms with Crippen LogP contribution in [-0.4, -0.2) is 9.97 Å². The van der Waals surface area contributed by atoms with Gasteiger partial charge in [0.25, 0.3) is 0 Å². The van der Waals surface area contributed by atoms with Crippen LogP contribution in [0.3, 0.4) is 0 Å². The highest BCUT2D eigenvalue weighted by Crippen LogP contribution is 2.39. The Morgan fingerprint density at radius 3 is 2.35 bits per heavy atom. The Hall–Kier alpha value is -4.05. The Kier molecular flexibility index (Phi) is 5.28. The van der Waals surface area contributed by atoms with Crippen LogP contribution in [0.25, 0.3) is 64.6 Å². The van der Waals surface area contributed by atoms with Gasteiger partial charge >= 0.3 is 0 Å². The molecular formula is C33H21ClN2S. The highest BCUT2D eigenvalue weighted by molar-refractivity contribution is 7.26. The number of halogens is 1. The summed E-state index contributed by atoms with van der Waals surface area (Å²) in [7, 11) is 0. The number of aromatic nitrogens is 2. The third-order valence-electron chi connectivity index (χ3n) is 6.84. The van der Waals surface area contributed by atoms with Crippen molar-refractivity contribution in [2.45, 2.75) is 6.92 Å². The molecule has 176 valence electrons. The summed E-state index contributed by atoms with van der Waals surface area (Å²) in [6.45, 7) is 2.06. The molecule has 0 amide bonds. The van der Waals surface area contributed by atoms with E-state index < -0.39 is 0 Å². The summed E-state index contributed by atoms with van der Waals surface area (Å²) in [4.78, 5) is 9.64. The zero-order chi connectivity index (χ0) is 24.9. The molecule has 4 heteroatoms. The lowest BCUT2D eigenvalue weighted by molar-refractivity contribution is 1.32. The van der Waals surface area contributed by atoms with E-state index in [-0.39, 0.29) is 0 Å². The van der Waals surface area contributed by atoms with E-state index in [1.54, 1.807) is 0 Å². The molecule has 0 spiro atoms. The third kappa shape index (κ3) is 3.97. The van der Waals surface area contributed by atoms with Crippen LogP contribution < -0.4 is 0 Å². The van der Waals surface area contributed by atoms with Gasteiger partial charge in [-0.25, -0.2) is 0 Å². The summed E-state index contributed by atoms with van der Waals surface area (Å²) >= 11 is 8.11. The molecule has 2 nitrogen and oxygen atoms in total. The minimum Gasteiger partial charge on any atom is -0.256 e. The van der Waals surface area contributed by atoms with Crippen molar-refractivity contribution in [1.82, 2.24) is 9.97 Å². The summed E-state index contributed by atoms with van der Waals surface area (Å²) < 4.78 is 2.58. The predicted molar refractivity (Wildman–Crippen MR) is 158 cm³/mol. The topological polar surface area (TPSA) is 25.8 Å². The largest absolute Gasteiger partial charge is 0.256 e. The average Bonchev–Trinajstić information content (AvgIpc) is 3.31. The SMILES string of the molecule is Cc1cc(Cl)cc(-c2ccc3cc(-c4ccc(-c5cccc6c5sc5ccccc56)nc4)cnc3c2)c1. The molecule has 7 rings (SSSR count). The Balaban J connectivity index is 1.23. The number of nitrogens with zero attached hydrogens (tertiary/aromatic N) is 2. The number of pyridine rings is 2. The maximum Gasteiger partial charge on any atom is 0.0716 e. The molecule has 37 heavy (non-hydrogen) atoms. The molecule has 3 heterocycles. The van der Waals surface area contributed by atoms with Crippen LogP contribution in [0.5, 0.6) is 0 Å². The van der Waals surface area contributed by atoms with Crippen LogP contribution >= 0.6 is 22.9 Å². The number of thiophene rings is 1. The van der Waals surface area contributed by atoms with Gasteiger partial charge in [-0.05, 0) is 60.0 Å². The molecule has 0 aliphatic rings. The van der Waals surface area contributed by atoms with Crippen molar-refractivity contribution < 1.29 is 0 Å². The summed E-state index contributed by atoms with van der Waals surface area (Å²) in [5.74, 6) is 0. The molecule has 0 unspecified atom stereocenters. The Bertz CT molecular complexity index is 1930. The van der Waals surface area contributed by atoms with Crippen molar-refractivity contribution >= 4 is 54.0 Å². The lowest BCUT2D eigenvalue weighted by Gasteiger charge is -2.08. The van der Waals surface area contributed by atoms with E-state index in [1.807, 2.05) is 35.9 Å². The Morgan fingerprint density at radius 1 is 0.649 bits per heavy atom. The molecule has 0 N–H and O–H groups in total. The molecule has 3 aromatic heterocycles. The zero-order valence-electron chi connectivity index (χ0n) is 20.1. The minimum atomic E-state index is 0.748. The van der Waals surface area contributed by atoms with Crippen LogP contribution in [0.4, 0.5) is 0 Å². The van der Waals surface area contributed by atoms with Gasteiger partial charge in [0.2, 0.25) is 0 Å². The monoisotopic (exact) mass is 512 g/mol. The third-order valence-corrected chi connectivity index (χ3v) is 8.27. The van der Waals surface area contributed by atoms with Gasteiger partial charge in [0.05, 0.1) is 11.2 Å². The number of hydrogen-bond donors (Lipinski definition) is 0. The van der Waals surface area contributed by atoms with Crippen LogP contribution in [0.2, 0.25) is 5.02 Å². The molecule has 0 bridgehead atoms. The van der Waals surface area contributed by atoms with Gasteiger partial charge in [-0.1, -0.05) is 72.3 Å². The number of fused-ring (bicyclic) bond motifs is 4. The normalized spacial score (nSPS) is 11.5. The predicted octanol–water partition coefficient (Wildman–Crippen LogP) is 9.96. The molecule has 0 saturated heterocycles. The van der Waals surface area contributed by atoms with E-state index >= 15 is 0 Å². The second kappa shape index (κ2) is 8.81. The van der Waals surface area contributed by atoms with Crippen LogP contribution in [0.1, 0.15) is 5.56 Å². The van der Waals surface area contributed by atoms with E-state index in [0.717, 1.165) is 49.4 Å². The molecule has 0 radical (unpaired) electrons. The number of benzene rings is 4. The fourth-order valence-electron chi connectivity index (χ4n) is 5.03. The van der Waals surface area contributed by atoms with Gasteiger partial charge in [-0.2, -0.15) is 0 Å². The average molecular weight is 513 g/mol. The summed E-state index contributed by atoms with van der Waals surface area (Å²) in [6.07, 6.45) is 3.88. The van der Waals surface area contributed by atoms with Crippen molar-refractivity contribution in [3.05, 3.63) is 120 Å². The highest BCUT2D eigenvalue weighted by Gasteiger charge is 2.11. The van der Waals surface area contributed by atoms with Crippen LogP contribution in [0, 0.1) is 6.92 Å². The fraction of sp³-hybridized carbons (Fsp3) is 0.0303. The van der Waals surface area contributed by atoms with Crippen molar-refractivity contribution in [3.8, 4) is 33.5 Å². The van der Waals surface area contributed by atoms with Crippen LogP contribution in [0.15, 0.2) is 109 Å². The molecule has 0 saturated carbocycles. The maximum absolute atomic E-state index is 6.28.